The van der Waals surface area contributed by atoms with Crippen molar-refractivity contribution in [1.82, 2.24) is 0 Å². The van der Waals surface area contributed by atoms with Crippen LogP contribution in [0.15, 0.2) is 0 Å². The second-order valence-corrected chi connectivity index (χ2v) is 5.05. The van der Waals surface area contributed by atoms with Crippen LogP contribution < -0.4 is 34.7 Å². The summed E-state index contributed by atoms with van der Waals surface area (Å²) >= 11 is -2.38. The van der Waals surface area contributed by atoms with E-state index in [0.717, 1.165) is 20.8 Å². The molecule has 0 rings (SSSR count). The van der Waals surface area contributed by atoms with Crippen LogP contribution in [0.2, 0.25) is 0 Å². The molecule has 2 radical (unpaired) electrons. The van der Waals surface area contributed by atoms with E-state index in [-0.39, 0.29) is 29.6 Å². The first-order valence-electron chi connectivity index (χ1n) is 4.50. The minimum absolute atomic E-state index is 0. The van der Waals surface area contributed by atoms with Crippen molar-refractivity contribution < 1.29 is 68.8 Å². The number of carbonyl (C=O) groups is 6. The van der Waals surface area contributed by atoms with Gasteiger partial charge in [-0.25, -0.2) is 0 Å². The molecule has 0 aromatic rings. The fourth-order valence-electron chi connectivity index (χ4n) is 0.240. The van der Waals surface area contributed by atoms with Crippen LogP contribution in [0, 0.1) is 0 Å². The number of ketones is 3. The van der Waals surface area contributed by atoms with Crippen molar-refractivity contribution in [1.29, 1.82) is 0 Å². The van der Waals surface area contributed by atoms with Gasteiger partial charge in [-0.3, -0.25) is 4.79 Å². The van der Waals surface area contributed by atoms with Gasteiger partial charge in [0.05, 0.1) is 0 Å². The molecule has 0 aromatic carbocycles. The molecule has 0 aromatic heterocycles. The molecule has 0 aliphatic rings. The molecule has 20 heavy (non-hydrogen) atoms. The summed E-state index contributed by atoms with van der Waals surface area (Å²) in [6.45, 7) is 3.02. The zero-order chi connectivity index (χ0) is 15.6. The topological polar surface area (TPSA) is 144 Å². The van der Waals surface area contributed by atoms with Crippen LogP contribution in [-0.2, 0) is 34.1 Å². The van der Waals surface area contributed by atoms with Gasteiger partial charge in [0, 0.05) is 6.92 Å². The average Bonchev–Trinajstić information content (AvgIpc) is 2.28. The van der Waals surface area contributed by atoms with Crippen LogP contribution in [-0.4, -0.2) is 60.4 Å². The number of Topliss-reactive ketones (excluding diaryl/α,β-unsaturated/α-hetero) is 3. The summed E-state index contributed by atoms with van der Waals surface area (Å²) in [5, 5.41) is 9.24. The second-order valence-electron chi connectivity index (χ2n) is 2.82. The van der Waals surface area contributed by atoms with Gasteiger partial charge in [-0.1, -0.05) is 0 Å². The molecule has 0 heterocycles. The molecule has 0 aliphatic heterocycles. The molecule has 0 atom stereocenters. The van der Waals surface area contributed by atoms with Gasteiger partial charge in [-0.15, -0.1) is 0 Å². The summed E-state index contributed by atoms with van der Waals surface area (Å²) in [6.07, 6.45) is 0. The Morgan fingerprint density at radius 2 is 1.00 bits per heavy atom. The molecule has 0 unspecified atom stereocenters. The van der Waals surface area contributed by atoms with Crippen LogP contribution in [0.4, 0.5) is 0 Å². The van der Waals surface area contributed by atoms with E-state index in [1.807, 2.05) is 0 Å². The number of carboxylic acids is 1. The summed E-state index contributed by atoms with van der Waals surface area (Å²) < 4.78 is 8.67. The Bertz CT molecular complexity index is 380. The van der Waals surface area contributed by atoms with Crippen LogP contribution >= 0.6 is 0 Å². The molecule has 0 saturated carbocycles. The van der Waals surface area contributed by atoms with Gasteiger partial charge in [-0.05, 0) is 0 Å². The van der Waals surface area contributed by atoms with Crippen molar-refractivity contribution in [2.75, 3.05) is 0 Å². The van der Waals surface area contributed by atoms with Crippen molar-refractivity contribution in [3.05, 3.63) is 0 Å². The number of carboxylic acid groups (broad SMARTS) is 1. The Hall–Kier alpha value is -0.658. The fraction of sp³-hybridized carbons (Fsp3) is 0.333. The maximum Gasteiger partial charge on any atom is 1.00 e. The van der Waals surface area contributed by atoms with Gasteiger partial charge in [0.25, 0.3) is 0 Å². The van der Waals surface area contributed by atoms with Crippen LogP contribution in [0.1, 0.15) is 20.8 Å². The molecule has 0 aliphatic carbocycles. The predicted molar refractivity (Wildman–Crippen MR) is 55.0 cm³/mol. The summed E-state index contributed by atoms with van der Waals surface area (Å²) in [4.78, 5) is 60.3. The van der Waals surface area contributed by atoms with Crippen molar-refractivity contribution in [3.8, 4) is 0 Å². The summed E-state index contributed by atoms with van der Waals surface area (Å²) in [7, 11) is 0. The summed E-state index contributed by atoms with van der Waals surface area (Å²) in [5.74, 6) is -6.14. The Morgan fingerprint density at radius 1 is 0.750 bits per heavy atom. The number of aliphatic carboxylic acids is 1. The largest absolute Gasteiger partial charge is 1.00 e. The van der Waals surface area contributed by atoms with Gasteiger partial charge in [-0.2, -0.15) is 0 Å². The number of hydrogen-bond donors (Lipinski definition) is 0. The molecule has 0 N–H and O–H groups in total. The van der Waals surface area contributed by atoms with E-state index in [4.69, 9.17) is 0 Å². The van der Waals surface area contributed by atoms with Gasteiger partial charge >= 0.3 is 117 Å². The molecule has 0 saturated heterocycles. The smallest absolute Gasteiger partial charge is 1.00 e. The van der Waals surface area contributed by atoms with E-state index in [1.54, 1.807) is 0 Å². The normalized spacial score (nSPS) is 7.95. The first-order valence-corrected chi connectivity index (χ1v) is 7.67. The molecule has 0 fully saturated rings. The predicted octanol–water partition coefficient (Wildman–Crippen LogP) is -5.89. The average molecular weight is 491 g/mol. The second kappa shape index (κ2) is 13.3. The summed E-state index contributed by atoms with van der Waals surface area (Å²) in [5.41, 5.74) is 0. The molecule has 0 spiro atoms. The molecule has 0 bridgehead atoms. The van der Waals surface area contributed by atoms with E-state index >= 15 is 0 Å². The molecule has 11 heteroatoms. The quantitative estimate of drug-likeness (QED) is 0.271. The zero-order valence-electron chi connectivity index (χ0n) is 11.2. The Labute approximate surface area is 149 Å². The molecule has 104 valence electrons. The Morgan fingerprint density at radius 3 is 1.15 bits per heavy atom. The van der Waals surface area contributed by atoms with Crippen molar-refractivity contribution in [2.45, 2.75) is 20.8 Å². The third kappa shape index (κ3) is 15.4. The maximum atomic E-state index is 10.5. The van der Waals surface area contributed by atoms with Crippen LogP contribution in [0.25, 0.3) is 0 Å². The minimum Gasteiger partial charge on any atom is 1.00 e. The van der Waals surface area contributed by atoms with E-state index in [2.05, 4.69) is 5.37 Å². The Kier molecular flexibility index (Phi) is 16.2. The van der Waals surface area contributed by atoms with Gasteiger partial charge in [0.2, 0.25) is 0 Å². The van der Waals surface area contributed by atoms with E-state index in [0.29, 0.717) is 0 Å². The third-order valence-electron chi connectivity index (χ3n) is 1.13. The maximum absolute atomic E-state index is 10.5. The van der Waals surface area contributed by atoms with Gasteiger partial charge in [0.1, 0.15) is 5.97 Å². The van der Waals surface area contributed by atoms with Gasteiger partial charge < -0.3 is 9.90 Å². The van der Waals surface area contributed by atoms with E-state index < -0.39 is 60.4 Å². The minimum atomic E-state index is -2.38. The van der Waals surface area contributed by atoms with Crippen molar-refractivity contribution >= 4 is 60.4 Å². The zero-order valence-corrected chi connectivity index (χ0v) is 17.1. The third-order valence-corrected chi connectivity index (χ3v) is 3.22. The number of rotatable bonds is 5. The van der Waals surface area contributed by atoms with Crippen molar-refractivity contribution in [3.63, 3.8) is 0 Å². The molecule has 0 amide bonds. The van der Waals surface area contributed by atoms with Crippen molar-refractivity contribution in [2.24, 2.45) is 0 Å². The SMILES string of the molecule is CC(=O)C(=O)[O-].CC(=O)C(=O)[O][Pb][O]C(=O)C(C)=O.[Na+]. The first-order chi connectivity index (χ1) is 8.59. The van der Waals surface area contributed by atoms with E-state index in [9.17, 15) is 33.9 Å². The van der Waals surface area contributed by atoms with Gasteiger partial charge in [0.15, 0.2) is 5.78 Å². The summed E-state index contributed by atoms with van der Waals surface area (Å²) in [6, 6.07) is 0. The Balaban J connectivity index is -0.000000352. The van der Waals surface area contributed by atoms with Crippen LogP contribution in [0.5, 0.6) is 0 Å². The van der Waals surface area contributed by atoms with Crippen LogP contribution in [0.3, 0.4) is 0 Å². The molecular formula is C9H9NaO9Pb. The first kappa shape index (κ1) is 24.4. The van der Waals surface area contributed by atoms with E-state index in [1.165, 1.54) is 0 Å². The number of carbonyl (C=O) groups excluding carboxylic acids is 6. The molecular weight excluding hydrogens is 482 g/mol. The number of hydrogen-bond acceptors (Lipinski definition) is 9. The monoisotopic (exact) mass is 492 g/mol. The fourth-order valence-corrected chi connectivity index (χ4v) is 2.11. The molecule has 9 nitrogen and oxygen atoms in total. The standard InChI is InChI=1S/3C3H4O3.Na.Pb/c3*1-2(4)3(5)6;;/h3*1H3,(H,5,6);;/q;;;+1;+2/p-3.